The molecule has 0 heterocycles. The van der Waals surface area contributed by atoms with Gasteiger partial charge in [-0.1, -0.05) is 29.8 Å². The lowest BCUT2D eigenvalue weighted by Gasteiger charge is -2.10. The third kappa shape index (κ3) is 6.36. The Kier molecular flexibility index (Phi) is 7.32. The Hall–Kier alpha value is -1.81. The standard InChI is InChI=1S/C20H25ClN2O/c1-16(12-13-22-14-15-23(2)3)17-4-8-19(9-5-17)24-20-10-6-18(21)7-11-20/h4-12,22H,13-15H2,1-3H3. The fraction of sp³-hybridized carbons (Fsp3) is 0.300. The van der Waals surface area contributed by atoms with Crippen LogP contribution in [0.5, 0.6) is 11.5 Å². The lowest BCUT2D eigenvalue weighted by molar-refractivity contribution is 0.404. The van der Waals surface area contributed by atoms with Crippen molar-refractivity contribution in [2.75, 3.05) is 33.7 Å². The number of likely N-dealkylation sites (N-methyl/N-ethyl adjacent to an activating group) is 1. The molecule has 3 nitrogen and oxygen atoms in total. The van der Waals surface area contributed by atoms with Crippen LogP contribution in [0.1, 0.15) is 12.5 Å². The number of ether oxygens (including phenoxy) is 1. The summed E-state index contributed by atoms with van der Waals surface area (Å²) in [4.78, 5) is 2.17. The van der Waals surface area contributed by atoms with Crippen LogP contribution in [0, 0.1) is 0 Å². The average molecular weight is 345 g/mol. The van der Waals surface area contributed by atoms with Crippen LogP contribution >= 0.6 is 11.6 Å². The Morgan fingerprint density at radius 3 is 2.21 bits per heavy atom. The van der Waals surface area contributed by atoms with Crippen molar-refractivity contribution >= 4 is 17.2 Å². The normalized spacial score (nSPS) is 11.8. The van der Waals surface area contributed by atoms with Crippen LogP contribution in [0.4, 0.5) is 0 Å². The summed E-state index contributed by atoms with van der Waals surface area (Å²) in [7, 11) is 4.16. The predicted molar refractivity (Wildman–Crippen MR) is 103 cm³/mol. The fourth-order valence-electron chi connectivity index (χ4n) is 2.17. The number of allylic oxidation sites excluding steroid dienone is 1. The molecule has 0 amide bonds. The largest absolute Gasteiger partial charge is 0.457 e. The highest BCUT2D eigenvalue weighted by atomic mass is 35.5. The number of hydrogen-bond acceptors (Lipinski definition) is 3. The quantitative estimate of drug-likeness (QED) is 0.703. The van der Waals surface area contributed by atoms with Crippen LogP contribution in [-0.2, 0) is 0 Å². The molecule has 2 aromatic carbocycles. The minimum atomic E-state index is 0.706. The van der Waals surface area contributed by atoms with Gasteiger partial charge in [0.1, 0.15) is 11.5 Å². The molecule has 128 valence electrons. The van der Waals surface area contributed by atoms with Gasteiger partial charge in [-0.15, -0.1) is 0 Å². The average Bonchev–Trinajstić information content (AvgIpc) is 2.57. The van der Waals surface area contributed by atoms with Gasteiger partial charge in [0.05, 0.1) is 0 Å². The molecule has 0 aliphatic carbocycles. The van der Waals surface area contributed by atoms with E-state index in [-0.39, 0.29) is 0 Å². The highest BCUT2D eigenvalue weighted by Crippen LogP contribution is 2.24. The molecule has 0 atom stereocenters. The minimum Gasteiger partial charge on any atom is -0.457 e. The van der Waals surface area contributed by atoms with E-state index >= 15 is 0 Å². The van der Waals surface area contributed by atoms with E-state index in [0.717, 1.165) is 31.1 Å². The zero-order valence-electron chi connectivity index (χ0n) is 14.6. The topological polar surface area (TPSA) is 24.5 Å². The molecule has 0 saturated heterocycles. The molecular formula is C20H25ClN2O. The van der Waals surface area contributed by atoms with E-state index in [1.807, 2.05) is 36.4 Å². The van der Waals surface area contributed by atoms with Crippen molar-refractivity contribution in [3.05, 3.63) is 65.2 Å². The summed E-state index contributed by atoms with van der Waals surface area (Å²) >= 11 is 5.88. The number of nitrogens with zero attached hydrogens (tertiary/aromatic N) is 1. The van der Waals surface area contributed by atoms with Gasteiger partial charge < -0.3 is 15.0 Å². The Morgan fingerprint density at radius 1 is 1.04 bits per heavy atom. The number of benzene rings is 2. The highest BCUT2D eigenvalue weighted by Gasteiger charge is 2.00. The second kappa shape index (κ2) is 9.48. The van der Waals surface area contributed by atoms with Crippen LogP contribution in [0.3, 0.4) is 0 Å². The first-order valence-corrected chi connectivity index (χ1v) is 8.48. The molecule has 2 rings (SSSR count). The Balaban J connectivity index is 1.87. The van der Waals surface area contributed by atoms with Gasteiger partial charge in [-0.05, 0) is 68.6 Å². The van der Waals surface area contributed by atoms with Gasteiger partial charge in [0, 0.05) is 24.7 Å². The maximum atomic E-state index is 5.88. The smallest absolute Gasteiger partial charge is 0.127 e. The molecule has 0 spiro atoms. The van der Waals surface area contributed by atoms with Crippen molar-refractivity contribution in [3.8, 4) is 11.5 Å². The first-order valence-electron chi connectivity index (χ1n) is 8.10. The van der Waals surface area contributed by atoms with Gasteiger partial charge in [0.25, 0.3) is 0 Å². The summed E-state index contributed by atoms with van der Waals surface area (Å²) < 4.78 is 5.81. The zero-order chi connectivity index (χ0) is 17.4. The Bertz CT molecular complexity index is 648. The Morgan fingerprint density at radius 2 is 1.62 bits per heavy atom. The van der Waals surface area contributed by atoms with E-state index < -0.39 is 0 Å². The van der Waals surface area contributed by atoms with Crippen LogP contribution < -0.4 is 10.1 Å². The van der Waals surface area contributed by atoms with E-state index in [9.17, 15) is 0 Å². The molecule has 0 saturated carbocycles. The summed E-state index contributed by atoms with van der Waals surface area (Å²) in [5.74, 6) is 1.60. The number of rotatable bonds is 8. The van der Waals surface area contributed by atoms with Crippen molar-refractivity contribution in [2.45, 2.75) is 6.92 Å². The van der Waals surface area contributed by atoms with Crippen molar-refractivity contribution < 1.29 is 4.74 Å². The van der Waals surface area contributed by atoms with Crippen LogP contribution in [0.2, 0.25) is 5.02 Å². The summed E-state index contributed by atoms with van der Waals surface area (Å²) in [5.41, 5.74) is 2.46. The van der Waals surface area contributed by atoms with E-state index in [4.69, 9.17) is 16.3 Å². The van der Waals surface area contributed by atoms with E-state index in [0.29, 0.717) is 5.02 Å². The van der Waals surface area contributed by atoms with Crippen LogP contribution in [0.15, 0.2) is 54.6 Å². The third-order valence-corrected chi connectivity index (χ3v) is 3.90. The lowest BCUT2D eigenvalue weighted by atomic mass is 10.1. The maximum absolute atomic E-state index is 5.88. The molecule has 2 aromatic rings. The predicted octanol–water partition coefficient (Wildman–Crippen LogP) is 4.69. The fourth-order valence-corrected chi connectivity index (χ4v) is 2.30. The molecule has 1 N–H and O–H groups in total. The van der Waals surface area contributed by atoms with Gasteiger partial charge in [-0.2, -0.15) is 0 Å². The number of halogens is 1. The molecule has 0 radical (unpaired) electrons. The Labute approximate surface area is 149 Å². The summed E-state index contributed by atoms with van der Waals surface area (Å²) in [5, 5.41) is 4.12. The van der Waals surface area contributed by atoms with Crippen LogP contribution in [-0.4, -0.2) is 38.6 Å². The second-order valence-electron chi connectivity index (χ2n) is 5.97. The molecule has 0 fully saturated rings. The number of hydrogen-bond donors (Lipinski definition) is 1. The zero-order valence-corrected chi connectivity index (χ0v) is 15.3. The van der Waals surface area contributed by atoms with Crippen molar-refractivity contribution in [3.63, 3.8) is 0 Å². The van der Waals surface area contributed by atoms with Crippen molar-refractivity contribution in [1.82, 2.24) is 10.2 Å². The molecule has 0 aliphatic rings. The van der Waals surface area contributed by atoms with Gasteiger partial charge in [-0.25, -0.2) is 0 Å². The molecular weight excluding hydrogens is 320 g/mol. The second-order valence-corrected chi connectivity index (χ2v) is 6.41. The molecule has 0 aromatic heterocycles. The molecule has 0 bridgehead atoms. The minimum absolute atomic E-state index is 0.706. The SMILES string of the molecule is CC(=CCNCCN(C)C)c1ccc(Oc2ccc(Cl)cc2)cc1. The molecule has 4 heteroatoms. The summed E-state index contributed by atoms with van der Waals surface area (Å²) in [6.07, 6.45) is 2.21. The van der Waals surface area contributed by atoms with E-state index in [1.54, 1.807) is 0 Å². The van der Waals surface area contributed by atoms with Crippen molar-refractivity contribution in [2.24, 2.45) is 0 Å². The lowest BCUT2D eigenvalue weighted by Crippen LogP contribution is -2.26. The third-order valence-electron chi connectivity index (χ3n) is 3.65. The molecule has 24 heavy (non-hydrogen) atoms. The summed E-state index contributed by atoms with van der Waals surface area (Å²) in [6.45, 7) is 5.04. The number of nitrogens with one attached hydrogen (secondary N) is 1. The van der Waals surface area contributed by atoms with E-state index in [2.05, 4.69) is 49.4 Å². The molecule has 0 unspecified atom stereocenters. The van der Waals surface area contributed by atoms with Gasteiger partial charge in [-0.3, -0.25) is 0 Å². The summed E-state index contributed by atoms with van der Waals surface area (Å²) in [6, 6.07) is 15.5. The van der Waals surface area contributed by atoms with Gasteiger partial charge in [0.2, 0.25) is 0 Å². The van der Waals surface area contributed by atoms with Crippen molar-refractivity contribution in [1.29, 1.82) is 0 Å². The monoisotopic (exact) mass is 344 g/mol. The van der Waals surface area contributed by atoms with Gasteiger partial charge in [0.15, 0.2) is 0 Å². The van der Waals surface area contributed by atoms with E-state index in [1.165, 1.54) is 11.1 Å². The van der Waals surface area contributed by atoms with Gasteiger partial charge >= 0.3 is 0 Å². The van der Waals surface area contributed by atoms with Crippen LogP contribution in [0.25, 0.3) is 5.57 Å². The first-order chi connectivity index (χ1) is 11.5. The molecule has 0 aliphatic heterocycles. The maximum Gasteiger partial charge on any atom is 0.127 e. The first kappa shape index (κ1) is 18.5. The highest BCUT2D eigenvalue weighted by molar-refractivity contribution is 6.30.